The summed E-state index contributed by atoms with van der Waals surface area (Å²) in [5.74, 6) is 0.999. The highest BCUT2D eigenvalue weighted by Gasteiger charge is 2.40. The molecule has 0 bridgehead atoms. The summed E-state index contributed by atoms with van der Waals surface area (Å²) in [6, 6.07) is 12.0. The molecule has 0 unspecified atom stereocenters. The van der Waals surface area contributed by atoms with Crippen molar-refractivity contribution in [3.63, 3.8) is 0 Å². The van der Waals surface area contributed by atoms with Gasteiger partial charge in [0.2, 0.25) is 5.91 Å². The Hall–Kier alpha value is -3.11. The number of benzene rings is 1. The number of pyridine rings is 1. The van der Waals surface area contributed by atoms with E-state index in [-0.39, 0.29) is 11.9 Å². The van der Waals surface area contributed by atoms with Crippen molar-refractivity contribution in [2.45, 2.75) is 19.0 Å². The average Bonchev–Trinajstić information content (AvgIpc) is 2.69. The Morgan fingerprint density at radius 2 is 1.93 bits per heavy atom. The molecule has 28 heavy (non-hydrogen) atoms. The predicted octanol–water partition coefficient (Wildman–Crippen LogP) is 1.81. The first-order valence-corrected chi connectivity index (χ1v) is 9.75. The van der Waals surface area contributed by atoms with Crippen LogP contribution in [0.5, 0.6) is 0 Å². The summed E-state index contributed by atoms with van der Waals surface area (Å²) in [7, 11) is 0. The topological polar surface area (TPSA) is 75.5 Å². The molecule has 1 amide bonds. The van der Waals surface area contributed by atoms with Crippen molar-refractivity contribution < 1.29 is 4.79 Å². The number of anilines is 3. The molecule has 142 valence electrons. The van der Waals surface area contributed by atoms with Crippen molar-refractivity contribution in [1.82, 2.24) is 9.88 Å². The second-order valence-electron chi connectivity index (χ2n) is 7.62. The third-order valence-electron chi connectivity index (χ3n) is 5.92. The quantitative estimate of drug-likeness (QED) is 0.883. The molecule has 1 N–H and O–H groups in total. The van der Waals surface area contributed by atoms with E-state index in [2.05, 4.69) is 37.1 Å². The van der Waals surface area contributed by atoms with Crippen LogP contribution in [-0.2, 0) is 11.3 Å². The molecule has 0 spiro atoms. The minimum atomic E-state index is -0.0267. The molecule has 2 aromatic rings. The summed E-state index contributed by atoms with van der Waals surface area (Å²) in [6.07, 6.45) is 2.86. The maximum Gasteiger partial charge on any atom is 0.247 e. The molecule has 5 rings (SSSR count). The first-order chi connectivity index (χ1) is 13.7. The normalized spacial score (nSPS) is 21.2. The second-order valence-corrected chi connectivity index (χ2v) is 7.62. The lowest BCUT2D eigenvalue weighted by atomic mass is 9.99. The molecule has 0 aliphatic carbocycles. The Labute approximate surface area is 164 Å². The highest BCUT2D eigenvalue weighted by molar-refractivity contribution is 6.04. The molecule has 2 saturated heterocycles. The van der Waals surface area contributed by atoms with E-state index in [0.29, 0.717) is 5.56 Å². The third kappa shape index (κ3) is 2.96. The van der Waals surface area contributed by atoms with Crippen LogP contribution in [0.25, 0.3) is 0 Å². The Balaban J connectivity index is 1.22. The molecule has 3 aliphatic heterocycles. The van der Waals surface area contributed by atoms with Gasteiger partial charge in [0.15, 0.2) is 5.82 Å². The second kappa shape index (κ2) is 6.80. The number of nitrogens with one attached hydrogen (secondary N) is 1. The lowest BCUT2D eigenvalue weighted by molar-refractivity contribution is -0.118. The zero-order chi connectivity index (χ0) is 19.1. The van der Waals surface area contributed by atoms with E-state index in [9.17, 15) is 4.79 Å². The van der Waals surface area contributed by atoms with Gasteiger partial charge in [0.1, 0.15) is 6.04 Å². The zero-order valence-electron chi connectivity index (χ0n) is 15.6. The fourth-order valence-electron chi connectivity index (χ4n) is 4.21. The summed E-state index contributed by atoms with van der Waals surface area (Å²) < 4.78 is 0. The van der Waals surface area contributed by atoms with Crippen LogP contribution in [0.3, 0.4) is 0 Å². The maximum atomic E-state index is 12.1. The Morgan fingerprint density at radius 1 is 1.14 bits per heavy atom. The van der Waals surface area contributed by atoms with Gasteiger partial charge in [-0.25, -0.2) is 4.98 Å². The van der Waals surface area contributed by atoms with E-state index in [1.165, 1.54) is 5.69 Å². The van der Waals surface area contributed by atoms with Crippen LogP contribution in [-0.4, -0.2) is 54.6 Å². The van der Waals surface area contributed by atoms with E-state index in [4.69, 9.17) is 5.26 Å². The van der Waals surface area contributed by atoms with Crippen LogP contribution >= 0.6 is 0 Å². The van der Waals surface area contributed by atoms with Crippen LogP contribution in [0, 0.1) is 11.3 Å². The monoisotopic (exact) mass is 374 g/mol. The van der Waals surface area contributed by atoms with Crippen molar-refractivity contribution in [3.8, 4) is 6.07 Å². The number of fused-ring (bicyclic) bond motifs is 3. The number of hydrogen-bond acceptors (Lipinski definition) is 6. The van der Waals surface area contributed by atoms with E-state index in [1.807, 2.05) is 30.5 Å². The van der Waals surface area contributed by atoms with Crippen LogP contribution in [0.4, 0.5) is 17.2 Å². The first-order valence-electron chi connectivity index (χ1n) is 9.75. The van der Waals surface area contributed by atoms with Crippen molar-refractivity contribution >= 4 is 23.1 Å². The fourth-order valence-corrected chi connectivity index (χ4v) is 4.21. The lowest BCUT2D eigenvalue weighted by Crippen LogP contribution is -2.57. The summed E-state index contributed by atoms with van der Waals surface area (Å²) in [5, 5.41) is 11.9. The maximum absolute atomic E-state index is 12.1. The van der Waals surface area contributed by atoms with E-state index < -0.39 is 0 Å². The van der Waals surface area contributed by atoms with Crippen LogP contribution in [0.15, 0.2) is 36.5 Å². The van der Waals surface area contributed by atoms with E-state index in [0.717, 1.165) is 62.8 Å². The molecular formula is C21H22N6O. The van der Waals surface area contributed by atoms with E-state index >= 15 is 0 Å². The summed E-state index contributed by atoms with van der Waals surface area (Å²) in [6.45, 7) is 5.59. The lowest BCUT2D eigenvalue weighted by Gasteiger charge is -2.44. The smallest absolute Gasteiger partial charge is 0.247 e. The largest absolute Gasteiger partial charge is 0.369 e. The molecule has 3 aliphatic rings. The summed E-state index contributed by atoms with van der Waals surface area (Å²) in [5.41, 5.74) is 3.83. The van der Waals surface area contributed by atoms with Crippen LogP contribution in [0.1, 0.15) is 17.5 Å². The predicted molar refractivity (Wildman–Crippen MR) is 107 cm³/mol. The summed E-state index contributed by atoms with van der Waals surface area (Å²) >= 11 is 0. The molecule has 1 aromatic carbocycles. The van der Waals surface area contributed by atoms with E-state index in [1.54, 1.807) is 0 Å². The van der Waals surface area contributed by atoms with Crippen molar-refractivity contribution in [2.24, 2.45) is 0 Å². The van der Waals surface area contributed by atoms with Gasteiger partial charge < -0.3 is 15.1 Å². The molecule has 1 atom stereocenters. The molecule has 0 saturated carbocycles. The van der Waals surface area contributed by atoms with Gasteiger partial charge >= 0.3 is 0 Å². The number of aromatic nitrogens is 1. The molecule has 1 aromatic heterocycles. The van der Waals surface area contributed by atoms with Crippen molar-refractivity contribution in [1.29, 1.82) is 5.26 Å². The van der Waals surface area contributed by atoms with Gasteiger partial charge in [-0.3, -0.25) is 9.69 Å². The van der Waals surface area contributed by atoms with Gasteiger partial charge in [-0.05, 0) is 42.3 Å². The number of hydrogen-bond donors (Lipinski definition) is 1. The number of carbonyl (C=O) groups excluding carboxylic acids is 1. The average molecular weight is 374 g/mol. The molecule has 0 radical (unpaired) electrons. The zero-order valence-corrected chi connectivity index (χ0v) is 15.6. The third-order valence-corrected chi connectivity index (χ3v) is 5.92. The number of nitriles is 1. The standard InChI is InChI=1S/C21H22N6O/c22-12-15-1-3-17(4-2-15)26-9-7-25(8-10-26)14-16-11-18-20(23-13-16)27-6-5-19(27)21(28)24-18/h1-4,11,13,19H,5-10,14H2,(H,24,28)/t19-/m0/s1. The van der Waals surface area contributed by atoms with Crippen LogP contribution < -0.4 is 15.1 Å². The molecule has 2 fully saturated rings. The Kier molecular flexibility index (Phi) is 4.14. The number of carbonyl (C=O) groups is 1. The number of nitrogens with zero attached hydrogens (tertiary/aromatic N) is 5. The highest BCUT2D eigenvalue weighted by Crippen LogP contribution is 2.36. The number of amides is 1. The Bertz CT molecular complexity index is 942. The van der Waals surface area contributed by atoms with Gasteiger partial charge in [0, 0.05) is 51.2 Å². The minimum absolute atomic E-state index is 0.0267. The summed E-state index contributed by atoms with van der Waals surface area (Å²) in [4.78, 5) is 23.6. The molecular weight excluding hydrogens is 352 g/mol. The van der Waals surface area contributed by atoms with Gasteiger partial charge in [0.05, 0.1) is 17.3 Å². The first kappa shape index (κ1) is 17.0. The van der Waals surface area contributed by atoms with Crippen molar-refractivity contribution in [2.75, 3.05) is 47.8 Å². The fraction of sp³-hybridized carbons (Fsp3) is 0.381. The minimum Gasteiger partial charge on any atom is -0.369 e. The van der Waals surface area contributed by atoms with Gasteiger partial charge in [-0.2, -0.15) is 5.26 Å². The highest BCUT2D eigenvalue weighted by atomic mass is 16.2. The van der Waals surface area contributed by atoms with Crippen LogP contribution in [0.2, 0.25) is 0 Å². The molecule has 7 heteroatoms. The van der Waals surface area contributed by atoms with Crippen molar-refractivity contribution in [3.05, 3.63) is 47.7 Å². The van der Waals surface area contributed by atoms with Gasteiger partial charge in [-0.15, -0.1) is 0 Å². The number of rotatable bonds is 3. The number of piperazine rings is 1. The van der Waals surface area contributed by atoms with Gasteiger partial charge in [-0.1, -0.05) is 0 Å². The molecule has 7 nitrogen and oxygen atoms in total. The molecule has 4 heterocycles. The SMILES string of the molecule is N#Cc1ccc(N2CCN(Cc3cnc4c(c3)NC(=O)[C@@H]3CCN43)CC2)cc1. The van der Waals surface area contributed by atoms with Gasteiger partial charge in [0.25, 0.3) is 0 Å². The Morgan fingerprint density at radius 3 is 2.61 bits per heavy atom.